The maximum absolute atomic E-state index is 11.6. The van der Waals surface area contributed by atoms with Crippen molar-refractivity contribution in [3.63, 3.8) is 0 Å². The van der Waals surface area contributed by atoms with E-state index in [0.29, 0.717) is 0 Å². The molecule has 0 aromatic heterocycles. The lowest BCUT2D eigenvalue weighted by molar-refractivity contribution is -0.126. The molecule has 0 aliphatic rings. The average Bonchev–Trinajstić information content (AvgIpc) is 2.35. The number of carbonyl (C=O) groups is 2. The molecule has 2 heteroatoms. The highest BCUT2D eigenvalue weighted by molar-refractivity contribution is 5.90. The molecule has 0 aromatic rings. The Bertz CT molecular complexity index is 513. The number of ketones is 2. The molecule has 0 fully saturated rings. The summed E-state index contributed by atoms with van der Waals surface area (Å²) in [6.07, 6.45) is 8.32. The van der Waals surface area contributed by atoms with E-state index in [9.17, 15) is 9.59 Å². The summed E-state index contributed by atoms with van der Waals surface area (Å²) in [6, 6.07) is 0. The second kappa shape index (κ2) is 9.68. The summed E-state index contributed by atoms with van der Waals surface area (Å²) in [5.41, 5.74) is 0. The molecule has 0 rings (SSSR count). The number of rotatable bonds is 5. The van der Waals surface area contributed by atoms with Crippen LogP contribution in [0.4, 0.5) is 0 Å². The Labute approximate surface area is 115 Å². The van der Waals surface area contributed by atoms with Crippen LogP contribution >= 0.6 is 0 Å². The summed E-state index contributed by atoms with van der Waals surface area (Å²) >= 11 is 0. The molecule has 0 radical (unpaired) electrons. The van der Waals surface area contributed by atoms with Gasteiger partial charge in [-0.2, -0.15) is 0 Å². The smallest absolute Gasteiger partial charge is 0.145 e. The summed E-state index contributed by atoms with van der Waals surface area (Å²) < 4.78 is 0. The Balaban J connectivity index is 5.23. The van der Waals surface area contributed by atoms with Crippen molar-refractivity contribution in [3.05, 3.63) is 37.0 Å². The molecule has 0 bridgehead atoms. The summed E-state index contributed by atoms with van der Waals surface area (Å²) in [5, 5.41) is 0. The Kier molecular flexibility index (Phi) is 8.50. The second-order valence-corrected chi connectivity index (χ2v) is 3.88. The highest BCUT2D eigenvalue weighted by Gasteiger charge is 2.25. The quantitative estimate of drug-likeness (QED) is 0.558. The standard InChI is InChI=1S/C17H18O2/c1-5-7-9-10-11-13-17(15(4)19)16(14(3)18)12-8-6-2/h5-8,12,16-17H,2H2,1,3-4H3. The highest BCUT2D eigenvalue weighted by Crippen LogP contribution is 2.16. The van der Waals surface area contributed by atoms with Crippen LogP contribution in [0.5, 0.6) is 0 Å². The zero-order chi connectivity index (χ0) is 14.7. The summed E-state index contributed by atoms with van der Waals surface area (Å²) in [7, 11) is 0. The van der Waals surface area contributed by atoms with Gasteiger partial charge in [0.1, 0.15) is 11.6 Å². The summed E-state index contributed by atoms with van der Waals surface area (Å²) in [4.78, 5) is 23.2. The first-order chi connectivity index (χ1) is 9.04. The normalized spacial score (nSPS) is 13.0. The van der Waals surface area contributed by atoms with Crippen LogP contribution in [0.2, 0.25) is 0 Å². The lowest BCUT2D eigenvalue weighted by Crippen LogP contribution is -2.24. The fourth-order valence-electron chi connectivity index (χ4n) is 1.40. The molecule has 0 N–H and O–H groups in total. The van der Waals surface area contributed by atoms with E-state index >= 15 is 0 Å². The van der Waals surface area contributed by atoms with Gasteiger partial charge in [0, 0.05) is 0 Å². The van der Waals surface area contributed by atoms with Crippen LogP contribution in [0.15, 0.2) is 37.0 Å². The van der Waals surface area contributed by atoms with Crippen LogP contribution in [-0.4, -0.2) is 11.6 Å². The molecular weight excluding hydrogens is 236 g/mol. The molecule has 2 atom stereocenters. The fraction of sp³-hybridized carbons (Fsp3) is 0.294. The fourth-order valence-corrected chi connectivity index (χ4v) is 1.40. The number of hydrogen-bond donors (Lipinski definition) is 0. The first-order valence-corrected chi connectivity index (χ1v) is 5.97. The van der Waals surface area contributed by atoms with Gasteiger partial charge in [0.05, 0.1) is 11.8 Å². The van der Waals surface area contributed by atoms with Crippen molar-refractivity contribution in [2.45, 2.75) is 20.8 Å². The Morgan fingerprint density at radius 3 is 2.32 bits per heavy atom. The van der Waals surface area contributed by atoms with Crippen LogP contribution in [0.25, 0.3) is 0 Å². The van der Waals surface area contributed by atoms with Gasteiger partial charge in [0.2, 0.25) is 0 Å². The topological polar surface area (TPSA) is 34.1 Å². The maximum atomic E-state index is 11.6. The third-order valence-electron chi connectivity index (χ3n) is 2.33. The van der Waals surface area contributed by atoms with Gasteiger partial charge in [-0.3, -0.25) is 9.59 Å². The molecule has 0 aliphatic heterocycles. The van der Waals surface area contributed by atoms with Crippen molar-refractivity contribution in [2.75, 3.05) is 0 Å². The molecule has 2 nitrogen and oxygen atoms in total. The monoisotopic (exact) mass is 254 g/mol. The van der Waals surface area contributed by atoms with E-state index in [-0.39, 0.29) is 11.6 Å². The van der Waals surface area contributed by atoms with Gasteiger partial charge in [-0.15, -0.1) is 0 Å². The van der Waals surface area contributed by atoms with Gasteiger partial charge in [-0.1, -0.05) is 42.7 Å². The lowest BCUT2D eigenvalue weighted by Gasteiger charge is -2.13. The Hall–Kier alpha value is -2.32. The lowest BCUT2D eigenvalue weighted by atomic mass is 9.86. The van der Waals surface area contributed by atoms with Crippen molar-refractivity contribution in [2.24, 2.45) is 11.8 Å². The number of Topliss-reactive ketones (excluding diaryl/α,β-unsaturated/α-hetero) is 2. The Morgan fingerprint density at radius 2 is 1.84 bits per heavy atom. The van der Waals surface area contributed by atoms with Crippen LogP contribution in [0.1, 0.15) is 20.8 Å². The van der Waals surface area contributed by atoms with E-state index in [4.69, 9.17) is 0 Å². The van der Waals surface area contributed by atoms with Gasteiger partial charge in [-0.05, 0) is 38.7 Å². The van der Waals surface area contributed by atoms with Crippen molar-refractivity contribution < 1.29 is 9.59 Å². The van der Waals surface area contributed by atoms with E-state index in [1.54, 1.807) is 30.4 Å². The Morgan fingerprint density at radius 1 is 1.16 bits per heavy atom. The number of hydrogen-bond acceptors (Lipinski definition) is 2. The molecule has 0 saturated carbocycles. The predicted octanol–water partition coefficient (Wildman–Crippen LogP) is 2.72. The molecule has 0 amide bonds. The van der Waals surface area contributed by atoms with Gasteiger partial charge in [0.25, 0.3) is 0 Å². The average molecular weight is 254 g/mol. The predicted molar refractivity (Wildman–Crippen MR) is 78.0 cm³/mol. The van der Waals surface area contributed by atoms with E-state index in [2.05, 4.69) is 30.3 Å². The third-order valence-corrected chi connectivity index (χ3v) is 2.33. The second-order valence-electron chi connectivity index (χ2n) is 3.88. The molecule has 0 heterocycles. The van der Waals surface area contributed by atoms with E-state index in [1.807, 2.05) is 6.92 Å². The summed E-state index contributed by atoms with van der Waals surface area (Å²) in [6.45, 7) is 8.27. The minimum absolute atomic E-state index is 0.103. The van der Waals surface area contributed by atoms with Crippen LogP contribution in [-0.2, 0) is 9.59 Å². The van der Waals surface area contributed by atoms with Crippen molar-refractivity contribution in [1.29, 1.82) is 0 Å². The van der Waals surface area contributed by atoms with E-state index < -0.39 is 11.8 Å². The van der Waals surface area contributed by atoms with Crippen LogP contribution in [0, 0.1) is 35.5 Å². The SMILES string of the molecule is C=CC=CC(C(C)=O)C(C#CC#CC=CC)C(C)=O. The van der Waals surface area contributed by atoms with Crippen LogP contribution < -0.4 is 0 Å². The van der Waals surface area contributed by atoms with Gasteiger partial charge >= 0.3 is 0 Å². The van der Waals surface area contributed by atoms with E-state index in [0.717, 1.165) is 0 Å². The third kappa shape index (κ3) is 6.86. The zero-order valence-electron chi connectivity index (χ0n) is 11.6. The first-order valence-electron chi connectivity index (χ1n) is 5.97. The number of allylic oxidation sites excluding steroid dienone is 5. The van der Waals surface area contributed by atoms with Crippen LogP contribution in [0.3, 0.4) is 0 Å². The minimum Gasteiger partial charge on any atom is -0.299 e. The molecule has 0 spiro atoms. The molecular formula is C17H18O2. The largest absolute Gasteiger partial charge is 0.299 e. The number of carbonyl (C=O) groups excluding carboxylic acids is 2. The van der Waals surface area contributed by atoms with Gasteiger partial charge in [-0.25, -0.2) is 0 Å². The molecule has 19 heavy (non-hydrogen) atoms. The summed E-state index contributed by atoms with van der Waals surface area (Å²) in [5.74, 6) is 9.24. The minimum atomic E-state index is -0.659. The molecule has 0 aliphatic carbocycles. The molecule has 0 aromatic carbocycles. The molecule has 2 unspecified atom stereocenters. The van der Waals surface area contributed by atoms with Gasteiger partial charge in [0.15, 0.2) is 0 Å². The molecule has 98 valence electrons. The molecule has 0 saturated heterocycles. The van der Waals surface area contributed by atoms with E-state index in [1.165, 1.54) is 13.8 Å². The van der Waals surface area contributed by atoms with Gasteiger partial charge < -0.3 is 0 Å². The van der Waals surface area contributed by atoms with Crippen molar-refractivity contribution in [3.8, 4) is 23.7 Å². The van der Waals surface area contributed by atoms with Crippen molar-refractivity contribution in [1.82, 2.24) is 0 Å². The highest BCUT2D eigenvalue weighted by atomic mass is 16.1. The zero-order valence-corrected chi connectivity index (χ0v) is 11.6. The first kappa shape index (κ1) is 16.7. The maximum Gasteiger partial charge on any atom is 0.145 e. The van der Waals surface area contributed by atoms with Crippen molar-refractivity contribution >= 4 is 11.6 Å².